The number of aliphatic hydroxyl groups excluding tert-OH is 3. The zero-order chi connectivity index (χ0) is 95.3. The molecule has 6 aliphatic heterocycles. The largest absolute Gasteiger partial charge is 0.508 e. The number of aliphatic hydroxyl groups is 3. The molecule has 0 radical (unpaired) electrons. The molecule has 6 saturated heterocycles. The van der Waals surface area contributed by atoms with Gasteiger partial charge in [0.15, 0.2) is 31.6 Å². The minimum atomic E-state index is -4.09. The molecule has 36 nitrogen and oxygen atoms in total. The van der Waals surface area contributed by atoms with Crippen molar-refractivity contribution in [2.24, 2.45) is 35.5 Å². The highest BCUT2D eigenvalue weighted by Gasteiger charge is 2.48. The van der Waals surface area contributed by atoms with Crippen molar-refractivity contribution >= 4 is 63.5 Å². The Hall–Kier alpha value is -7.80. The number of phenols is 1. The summed E-state index contributed by atoms with van der Waals surface area (Å²) in [6.07, 6.45) is -6.26. The quantitative estimate of drug-likeness (QED) is 0.0138. The third-order valence-corrected chi connectivity index (χ3v) is 31.3. The van der Waals surface area contributed by atoms with Crippen molar-refractivity contribution in [3.05, 3.63) is 180 Å². The van der Waals surface area contributed by atoms with Crippen LogP contribution in [0.1, 0.15) is 105 Å². The van der Waals surface area contributed by atoms with E-state index in [1.165, 1.54) is 85.7 Å². The van der Waals surface area contributed by atoms with Crippen molar-refractivity contribution in [3.63, 3.8) is 0 Å². The van der Waals surface area contributed by atoms with E-state index in [4.69, 9.17) is 70.2 Å². The van der Waals surface area contributed by atoms with E-state index in [-0.39, 0.29) is 204 Å². The number of sulfonamides is 3. The van der Waals surface area contributed by atoms with Crippen molar-refractivity contribution in [2.75, 3.05) is 118 Å². The Labute approximate surface area is 774 Å². The Balaban J connectivity index is 0.000000207. The lowest BCUT2D eigenvalue weighted by molar-refractivity contribution is -0.0909. The second kappa shape index (κ2) is 50.9. The molecular weight excluding hydrogens is 1820 g/mol. The average molecular weight is 1950 g/mol. The molecule has 0 aromatic heterocycles. The number of fused-ring (bicyclic) bond motifs is 3. The van der Waals surface area contributed by atoms with Crippen LogP contribution in [0.15, 0.2) is 178 Å². The fourth-order valence-electron chi connectivity index (χ4n) is 15.9. The van der Waals surface area contributed by atoms with Crippen molar-refractivity contribution in [2.45, 2.75) is 196 Å². The first kappa shape index (κ1) is 106. The molecule has 0 spiro atoms. The third-order valence-electron chi connectivity index (χ3n) is 22.3. The number of carbonyl (C=O) groups excluding carboxylic acids is 3. The summed E-state index contributed by atoms with van der Waals surface area (Å²) in [5, 5.41) is 52.2. The van der Waals surface area contributed by atoms with Gasteiger partial charge in [0.25, 0.3) is 0 Å². The van der Waals surface area contributed by atoms with Crippen LogP contribution in [-0.4, -0.2) is 269 Å². The number of benzene rings is 6. The van der Waals surface area contributed by atoms with Gasteiger partial charge in [-0.3, -0.25) is 9.13 Å². The first-order chi connectivity index (χ1) is 63.0. The second-order valence-electron chi connectivity index (χ2n) is 34.0. The molecule has 132 heavy (non-hydrogen) atoms. The third kappa shape index (κ3) is 31.4. The maximum Gasteiger partial charge on any atom is 0.407 e. The molecule has 12 rings (SSSR count). The van der Waals surface area contributed by atoms with Gasteiger partial charge in [-0.15, -0.1) is 0 Å². The first-order valence-corrected chi connectivity index (χ1v) is 52.6. The van der Waals surface area contributed by atoms with Gasteiger partial charge in [0.2, 0.25) is 30.1 Å². The number of aromatic hydroxyl groups is 1. The summed E-state index contributed by atoms with van der Waals surface area (Å²) < 4.78 is 194. The summed E-state index contributed by atoms with van der Waals surface area (Å²) in [7, 11) is -19.1. The van der Waals surface area contributed by atoms with Crippen LogP contribution in [0.4, 0.5) is 14.4 Å². The number of phenolic OH excluding ortho intramolecular Hbond substituents is 1. The van der Waals surface area contributed by atoms with E-state index in [2.05, 4.69) is 16.0 Å². The number of hydrogen-bond acceptors (Lipinski definition) is 30. The summed E-state index contributed by atoms with van der Waals surface area (Å²) in [5.74, 6) is 0.217. The second-order valence-corrected chi connectivity index (χ2v) is 43.8. The lowest BCUT2D eigenvalue weighted by Gasteiger charge is -2.31. The predicted molar refractivity (Wildman–Crippen MR) is 486 cm³/mol. The van der Waals surface area contributed by atoms with Gasteiger partial charge < -0.3 is 107 Å². The molecule has 0 bridgehead atoms. The molecule has 0 saturated carbocycles. The summed E-state index contributed by atoms with van der Waals surface area (Å²) in [5.41, 5.74) is 2.55. The first-order valence-electron chi connectivity index (χ1n) is 44.8. The van der Waals surface area contributed by atoms with Gasteiger partial charge in [0.1, 0.15) is 35.6 Å². The molecule has 0 aliphatic carbocycles. The van der Waals surface area contributed by atoms with Crippen LogP contribution in [-0.2, 0) is 119 Å². The maximum atomic E-state index is 13.9. The Morgan fingerprint density at radius 3 is 0.894 bits per heavy atom. The molecule has 15 atom stereocenters. The average Bonchev–Trinajstić information content (AvgIpc) is 1.43. The van der Waals surface area contributed by atoms with E-state index in [1.807, 2.05) is 133 Å². The standard InChI is InChI=1S/2C32H47N2O11PS.C27H36N2O8S/c2*1-5-43-46(37,44-6-2)22-42-25-12-14-26(15-13-25)47(38,39)34(19-23(3)4)20-29(35)28(18-24-10-8-7-9-11-24)33-32(36)45-30-21-41-31-27(30)16-17-40-31;1-18(2)15-29(38(33,34)21-10-8-20(30)9-11-21)16-24(31)23(14-19-6-4-3-5-7-19)28-27(32)37-25-17-36-26-22(25)12-13-35-26/h2*7-15,23,27-31,35H,5-6,16-22H2,1-4H3,(H,33,36);3-11,18,22-26,30-31H,12-17H2,1-2H3,(H,28,32)/t2*27-,28-,29+,30-,31+;22-,23-,24+,25-,26+/m000/s1. The number of nitrogens with one attached hydrogen (secondary N) is 3. The number of ether oxygens (including phenoxy) is 11. The van der Waals surface area contributed by atoms with Gasteiger partial charge in [-0.25, -0.2) is 39.6 Å². The van der Waals surface area contributed by atoms with E-state index >= 15 is 0 Å². The molecule has 41 heteroatoms. The van der Waals surface area contributed by atoms with Gasteiger partial charge in [-0.05, 0) is 173 Å². The highest BCUT2D eigenvalue weighted by atomic mass is 32.2. The highest BCUT2D eigenvalue weighted by molar-refractivity contribution is 7.89. The highest BCUT2D eigenvalue weighted by Crippen LogP contribution is 2.49. The minimum Gasteiger partial charge on any atom is -0.508 e. The number of amides is 3. The van der Waals surface area contributed by atoms with Crippen LogP contribution < -0.4 is 25.4 Å². The smallest absolute Gasteiger partial charge is 0.407 e. The van der Waals surface area contributed by atoms with Crippen LogP contribution in [0.5, 0.6) is 17.2 Å². The Kier molecular flexibility index (Phi) is 40.9. The van der Waals surface area contributed by atoms with Crippen molar-refractivity contribution in [3.8, 4) is 17.2 Å². The maximum absolute atomic E-state index is 13.9. The van der Waals surface area contributed by atoms with Crippen LogP contribution in [0.2, 0.25) is 0 Å². The van der Waals surface area contributed by atoms with Crippen molar-refractivity contribution in [1.29, 1.82) is 0 Å². The van der Waals surface area contributed by atoms with E-state index < -0.39 is 118 Å². The molecule has 7 N–H and O–H groups in total. The SMILES string of the molecule is CC(C)CN(C[C@@H](O)[C@H](Cc1ccccc1)NC(=O)O[C@H]1CO[C@H]2OCC[C@H]21)S(=O)(=O)c1ccc(O)cc1.CCOP(=O)(COc1ccc(S(=O)(=O)N(CC(C)C)C[C@@H](O)[C@H](Cc2ccccc2)NC(=O)O[C@H]2CO[C@H]3OCC[C@H]32)cc1)OCC.CCOP(=O)(COc1ccc(S(=O)(=O)N(CC(C)C)C[C@@H](O)[C@H](Cc2ccccc2)NC(=O)O[C@H]2CO[C@H]3OCC[C@H]32)cc1)OCC. The van der Waals surface area contributed by atoms with Crippen LogP contribution in [0.3, 0.4) is 0 Å². The molecule has 6 aliphatic rings. The summed E-state index contributed by atoms with van der Waals surface area (Å²) in [4.78, 5) is 39.0. The van der Waals surface area contributed by atoms with E-state index in [1.54, 1.807) is 27.7 Å². The lowest BCUT2D eigenvalue weighted by Crippen LogP contribution is -2.51. The molecule has 6 aromatic carbocycles. The molecule has 732 valence electrons. The summed E-state index contributed by atoms with van der Waals surface area (Å²) in [6.45, 7) is 20.7. The van der Waals surface area contributed by atoms with Crippen molar-refractivity contribution < 1.29 is 139 Å². The molecule has 6 heterocycles. The molecular formula is C91H130N6O30P2S3. The predicted octanol–water partition coefficient (Wildman–Crippen LogP) is 11.3. The van der Waals surface area contributed by atoms with E-state index in [0.29, 0.717) is 19.8 Å². The number of nitrogens with zero attached hydrogens (tertiary/aromatic N) is 3. The van der Waals surface area contributed by atoms with E-state index in [0.717, 1.165) is 36.0 Å². The van der Waals surface area contributed by atoms with Crippen LogP contribution in [0.25, 0.3) is 0 Å². The lowest BCUT2D eigenvalue weighted by atomic mass is 10.0. The van der Waals surface area contributed by atoms with E-state index in [9.17, 15) is 69.2 Å². The van der Waals surface area contributed by atoms with Gasteiger partial charge in [0, 0.05) is 39.3 Å². The van der Waals surface area contributed by atoms with Gasteiger partial charge >= 0.3 is 33.5 Å². The summed E-state index contributed by atoms with van der Waals surface area (Å²) >= 11 is 0. The zero-order valence-corrected chi connectivity index (χ0v) is 80.6. The molecule has 6 aromatic rings. The Morgan fingerprint density at radius 2 is 0.644 bits per heavy atom. The van der Waals surface area contributed by atoms with Gasteiger partial charge in [0.05, 0.1) is 135 Å². The van der Waals surface area contributed by atoms with Gasteiger partial charge in [-0.2, -0.15) is 12.9 Å². The minimum absolute atomic E-state index is 0.00435. The van der Waals surface area contributed by atoms with Crippen LogP contribution in [0, 0.1) is 35.5 Å². The van der Waals surface area contributed by atoms with Crippen molar-refractivity contribution in [1.82, 2.24) is 28.9 Å². The number of rotatable bonds is 47. The number of carbonyl (C=O) groups is 3. The number of alkyl carbamates (subject to hydrolysis) is 3. The fraction of sp³-hybridized carbons (Fsp3) is 0.571. The summed E-state index contributed by atoms with van der Waals surface area (Å²) in [6, 6.07) is 42.0. The molecule has 0 unspecified atom stereocenters. The monoisotopic (exact) mass is 1940 g/mol. The molecule has 6 fully saturated rings. The van der Waals surface area contributed by atoms with Crippen LogP contribution >= 0.6 is 15.2 Å². The number of hydrogen-bond donors (Lipinski definition) is 7. The topological polar surface area (TPSA) is 453 Å². The molecule has 3 amide bonds. The Bertz CT molecular complexity index is 4760. The zero-order valence-electron chi connectivity index (χ0n) is 76.3. The van der Waals surface area contributed by atoms with Gasteiger partial charge in [-0.1, -0.05) is 133 Å². The Morgan fingerprint density at radius 1 is 0.386 bits per heavy atom. The fourth-order valence-corrected chi connectivity index (χ4v) is 23.4. The normalized spacial score (nSPS) is 21.6.